The highest BCUT2D eigenvalue weighted by Crippen LogP contribution is 2.36. The molecule has 0 atom stereocenters. The summed E-state index contributed by atoms with van der Waals surface area (Å²) < 4.78 is 12.2. The van der Waals surface area contributed by atoms with Gasteiger partial charge in [-0.3, -0.25) is 0 Å². The van der Waals surface area contributed by atoms with E-state index in [1.807, 2.05) is 25.2 Å². The molecule has 0 unspecified atom stereocenters. The second-order valence-corrected chi connectivity index (χ2v) is 7.32. The first kappa shape index (κ1) is 16.3. The van der Waals surface area contributed by atoms with E-state index in [0.717, 1.165) is 11.3 Å². The molecule has 0 spiro atoms. The fraction of sp³-hybridized carbons (Fsp3) is 0.688. The maximum atomic E-state index is 6.11. The summed E-state index contributed by atoms with van der Waals surface area (Å²) in [6.07, 6.45) is 1.86. The van der Waals surface area contributed by atoms with Gasteiger partial charge >= 0.3 is 7.12 Å². The van der Waals surface area contributed by atoms with Crippen LogP contribution in [0.4, 0.5) is 5.82 Å². The molecule has 0 aromatic carbocycles. The van der Waals surface area contributed by atoms with Crippen molar-refractivity contribution in [1.82, 2.24) is 4.98 Å². The fourth-order valence-corrected chi connectivity index (χ4v) is 2.40. The van der Waals surface area contributed by atoms with Gasteiger partial charge in [0.25, 0.3) is 0 Å². The molecule has 0 radical (unpaired) electrons. The van der Waals surface area contributed by atoms with E-state index in [0.29, 0.717) is 5.92 Å². The van der Waals surface area contributed by atoms with Crippen LogP contribution in [0.15, 0.2) is 12.3 Å². The number of hydrogen-bond donors (Lipinski definition) is 0. The lowest BCUT2D eigenvalue weighted by Gasteiger charge is -2.32. The number of rotatable bonds is 3. The lowest BCUT2D eigenvalue weighted by molar-refractivity contribution is 0.00578. The minimum absolute atomic E-state index is 0.324. The molecule has 0 N–H and O–H groups in total. The van der Waals surface area contributed by atoms with Gasteiger partial charge < -0.3 is 14.2 Å². The summed E-state index contributed by atoms with van der Waals surface area (Å²) in [6.45, 7) is 12.6. The van der Waals surface area contributed by atoms with Crippen molar-refractivity contribution in [3.63, 3.8) is 0 Å². The van der Waals surface area contributed by atoms with E-state index in [1.165, 1.54) is 5.56 Å². The Bertz CT molecular complexity index is 511. The standard InChI is InChI=1S/C16H27BN2O2/c1-11(2)13-9-12(10-18-14(13)19(7)8)17-20-15(3,4)16(5,6)21-17/h9-11H,1-8H3. The summed E-state index contributed by atoms with van der Waals surface area (Å²) in [6, 6.07) is 2.16. The van der Waals surface area contributed by atoms with Crippen LogP contribution >= 0.6 is 0 Å². The quantitative estimate of drug-likeness (QED) is 0.801. The van der Waals surface area contributed by atoms with Crippen LogP contribution in [0, 0.1) is 0 Å². The van der Waals surface area contributed by atoms with Gasteiger partial charge in [0.1, 0.15) is 5.82 Å². The molecule has 0 saturated carbocycles. The van der Waals surface area contributed by atoms with Crippen LogP contribution in [-0.4, -0.2) is 37.4 Å². The Balaban J connectivity index is 2.37. The minimum atomic E-state index is -0.351. The third-order valence-corrected chi connectivity index (χ3v) is 4.49. The Labute approximate surface area is 129 Å². The Morgan fingerprint density at radius 1 is 1.10 bits per heavy atom. The van der Waals surface area contributed by atoms with Gasteiger partial charge in [-0.25, -0.2) is 4.98 Å². The predicted octanol–water partition coefficient (Wildman–Crippen LogP) is 2.57. The summed E-state index contributed by atoms with van der Waals surface area (Å²) in [5, 5.41) is 0. The topological polar surface area (TPSA) is 34.6 Å². The maximum Gasteiger partial charge on any atom is 0.496 e. The predicted molar refractivity (Wildman–Crippen MR) is 88.4 cm³/mol. The van der Waals surface area contributed by atoms with Crippen molar-refractivity contribution in [1.29, 1.82) is 0 Å². The van der Waals surface area contributed by atoms with E-state index in [-0.39, 0.29) is 18.3 Å². The molecule has 2 heterocycles. The molecule has 1 aromatic heterocycles. The number of pyridine rings is 1. The Hall–Kier alpha value is -1.07. The van der Waals surface area contributed by atoms with E-state index < -0.39 is 0 Å². The Kier molecular flexibility index (Phi) is 4.11. The van der Waals surface area contributed by atoms with Crippen LogP contribution in [0.3, 0.4) is 0 Å². The zero-order chi connectivity index (χ0) is 16.0. The highest BCUT2D eigenvalue weighted by Gasteiger charge is 2.51. The molecule has 21 heavy (non-hydrogen) atoms. The van der Waals surface area contributed by atoms with Crippen molar-refractivity contribution in [3.05, 3.63) is 17.8 Å². The number of aromatic nitrogens is 1. The van der Waals surface area contributed by atoms with Crippen LogP contribution in [0.1, 0.15) is 53.0 Å². The van der Waals surface area contributed by atoms with E-state index >= 15 is 0 Å². The van der Waals surface area contributed by atoms with Crippen molar-refractivity contribution in [3.8, 4) is 0 Å². The monoisotopic (exact) mass is 290 g/mol. The smallest absolute Gasteiger partial charge is 0.399 e. The maximum absolute atomic E-state index is 6.11. The first-order chi connectivity index (χ1) is 9.55. The lowest BCUT2D eigenvalue weighted by atomic mass is 9.79. The van der Waals surface area contributed by atoms with Crippen LogP contribution < -0.4 is 10.4 Å². The molecule has 0 bridgehead atoms. The molecular weight excluding hydrogens is 263 g/mol. The number of nitrogens with zero attached hydrogens (tertiary/aromatic N) is 2. The average Bonchev–Trinajstić information content (AvgIpc) is 2.57. The zero-order valence-corrected chi connectivity index (χ0v) is 14.5. The molecular formula is C16H27BN2O2. The molecule has 0 amide bonds. The summed E-state index contributed by atoms with van der Waals surface area (Å²) in [5.74, 6) is 1.41. The molecule has 2 rings (SSSR count). The van der Waals surface area contributed by atoms with Gasteiger partial charge in [0.2, 0.25) is 0 Å². The second-order valence-electron chi connectivity index (χ2n) is 7.32. The second kappa shape index (κ2) is 5.29. The van der Waals surface area contributed by atoms with Crippen molar-refractivity contribution in [2.75, 3.05) is 19.0 Å². The highest BCUT2D eigenvalue weighted by atomic mass is 16.7. The van der Waals surface area contributed by atoms with Gasteiger partial charge in [-0.05, 0) is 39.2 Å². The van der Waals surface area contributed by atoms with Crippen molar-refractivity contribution >= 4 is 18.4 Å². The van der Waals surface area contributed by atoms with Gasteiger partial charge in [0.15, 0.2) is 0 Å². The van der Waals surface area contributed by atoms with Crippen LogP contribution in [-0.2, 0) is 9.31 Å². The molecule has 1 fully saturated rings. The van der Waals surface area contributed by atoms with E-state index in [2.05, 4.69) is 52.6 Å². The van der Waals surface area contributed by atoms with Gasteiger partial charge in [0, 0.05) is 25.8 Å². The summed E-state index contributed by atoms with van der Waals surface area (Å²) in [4.78, 5) is 6.65. The van der Waals surface area contributed by atoms with Crippen molar-refractivity contribution in [2.24, 2.45) is 0 Å². The first-order valence-electron chi connectivity index (χ1n) is 7.58. The van der Waals surface area contributed by atoms with Crippen LogP contribution in [0.2, 0.25) is 0 Å². The molecule has 116 valence electrons. The van der Waals surface area contributed by atoms with Gasteiger partial charge in [-0.1, -0.05) is 19.9 Å². The van der Waals surface area contributed by atoms with Crippen LogP contribution in [0.25, 0.3) is 0 Å². The Morgan fingerprint density at radius 2 is 1.62 bits per heavy atom. The van der Waals surface area contributed by atoms with E-state index in [1.54, 1.807) is 0 Å². The molecule has 5 heteroatoms. The summed E-state index contributed by atoms with van der Waals surface area (Å²) in [5.41, 5.74) is 1.56. The third kappa shape index (κ3) is 2.95. The van der Waals surface area contributed by atoms with Crippen molar-refractivity contribution in [2.45, 2.75) is 58.7 Å². The van der Waals surface area contributed by atoms with E-state index in [4.69, 9.17) is 9.31 Å². The average molecular weight is 290 g/mol. The molecule has 1 aliphatic heterocycles. The lowest BCUT2D eigenvalue weighted by Crippen LogP contribution is -2.41. The third-order valence-electron chi connectivity index (χ3n) is 4.49. The first-order valence-corrected chi connectivity index (χ1v) is 7.58. The van der Waals surface area contributed by atoms with Gasteiger partial charge in [0.05, 0.1) is 11.2 Å². The fourth-order valence-electron chi connectivity index (χ4n) is 2.40. The summed E-state index contributed by atoms with van der Waals surface area (Å²) in [7, 11) is 3.68. The minimum Gasteiger partial charge on any atom is -0.399 e. The highest BCUT2D eigenvalue weighted by molar-refractivity contribution is 6.62. The molecule has 1 aliphatic rings. The van der Waals surface area contributed by atoms with Gasteiger partial charge in [-0.2, -0.15) is 0 Å². The number of anilines is 1. The number of hydrogen-bond acceptors (Lipinski definition) is 4. The Morgan fingerprint density at radius 3 is 2.05 bits per heavy atom. The SMILES string of the molecule is CC(C)c1cc(B2OC(C)(C)C(C)(C)O2)cnc1N(C)C. The zero-order valence-electron chi connectivity index (χ0n) is 14.5. The normalized spacial score (nSPS) is 20.1. The molecule has 1 saturated heterocycles. The molecule has 0 aliphatic carbocycles. The van der Waals surface area contributed by atoms with E-state index in [9.17, 15) is 0 Å². The van der Waals surface area contributed by atoms with Crippen LogP contribution in [0.5, 0.6) is 0 Å². The summed E-state index contributed by atoms with van der Waals surface area (Å²) >= 11 is 0. The van der Waals surface area contributed by atoms with Crippen molar-refractivity contribution < 1.29 is 9.31 Å². The van der Waals surface area contributed by atoms with Gasteiger partial charge in [-0.15, -0.1) is 0 Å². The molecule has 1 aromatic rings. The molecule has 4 nitrogen and oxygen atoms in total. The largest absolute Gasteiger partial charge is 0.496 e.